The highest BCUT2D eigenvalue weighted by molar-refractivity contribution is 9.10. The molecule has 1 aromatic heterocycles. The number of nitrogens with zero attached hydrogens (tertiary/aromatic N) is 1. The van der Waals surface area contributed by atoms with E-state index in [-0.39, 0.29) is 16.0 Å². The lowest BCUT2D eigenvalue weighted by Crippen LogP contribution is -2.35. The van der Waals surface area contributed by atoms with Crippen LogP contribution in [-0.2, 0) is 0 Å². The normalized spacial score (nSPS) is 10.4. The summed E-state index contributed by atoms with van der Waals surface area (Å²) in [6, 6.07) is 13.5. The molecule has 3 amide bonds. The molecule has 3 rings (SSSR count). The van der Waals surface area contributed by atoms with Crippen molar-refractivity contribution in [2.45, 2.75) is 0 Å². The van der Waals surface area contributed by atoms with Gasteiger partial charge < -0.3 is 0 Å². The number of anilines is 1. The van der Waals surface area contributed by atoms with Gasteiger partial charge in [-0.25, -0.2) is 14.2 Å². The summed E-state index contributed by atoms with van der Waals surface area (Å²) in [5, 5.41) is 4.43. The highest BCUT2D eigenvalue weighted by atomic mass is 79.9. The minimum atomic E-state index is -0.974. The Morgan fingerprint density at radius 2 is 1.71 bits per heavy atom. The fourth-order valence-electron chi connectivity index (χ4n) is 2.38. The zero-order valence-electron chi connectivity index (χ0n) is 14.0. The van der Waals surface area contributed by atoms with Crippen molar-refractivity contribution in [2.24, 2.45) is 0 Å². The maximum Gasteiger partial charge on any atom is 0.327 e. The van der Waals surface area contributed by atoms with Gasteiger partial charge in [-0.2, -0.15) is 0 Å². The first kappa shape index (κ1) is 20.3. The third kappa shape index (κ3) is 4.67. The topological polar surface area (TPSA) is 71.1 Å². The summed E-state index contributed by atoms with van der Waals surface area (Å²) in [4.78, 5) is 28.2. The van der Waals surface area contributed by atoms with E-state index in [1.807, 2.05) is 29.6 Å². The molecule has 9 heteroatoms. The van der Waals surface area contributed by atoms with Crippen LogP contribution < -0.4 is 10.6 Å². The zero-order chi connectivity index (χ0) is 20.3. The molecule has 0 fully saturated rings. The number of aromatic nitrogens is 1. The smallest absolute Gasteiger partial charge is 0.292 e. The van der Waals surface area contributed by atoms with Crippen LogP contribution in [0, 0.1) is 5.82 Å². The quantitative estimate of drug-likeness (QED) is 0.455. The predicted molar refractivity (Wildman–Crippen MR) is 110 cm³/mol. The molecule has 0 spiro atoms. The van der Waals surface area contributed by atoms with Gasteiger partial charge in [0.15, 0.2) is 0 Å². The van der Waals surface area contributed by atoms with E-state index in [0.29, 0.717) is 5.56 Å². The summed E-state index contributed by atoms with van der Waals surface area (Å²) in [6.07, 6.45) is 0. The van der Waals surface area contributed by atoms with E-state index in [9.17, 15) is 14.0 Å². The zero-order valence-corrected chi connectivity index (χ0v) is 17.1. The summed E-state index contributed by atoms with van der Waals surface area (Å²) in [5.41, 5.74) is 1.10. The van der Waals surface area contributed by atoms with E-state index < -0.39 is 23.3 Å². The van der Waals surface area contributed by atoms with Crippen molar-refractivity contribution >= 4 is 56.9 Å². The SMILES string of the molecule is O=C(NC(=O)c1c(F)cccc1Cl)Nc1ccc(-c2ccc(Br)cc2)c(Cl)n1. The van der Waals surface area contributed by atoms with E-state index in [1.165, 1.54) is 18.2 Å². The number of rotatable bonds is 3. The van der Waals surface area contributed by atoms with Crippen molar-refractivity contribution in [3.8, 4) is 11.1 Å². The Hall–Kier alpha value is -2.48. The molecule has 0 atom stereocenters. The second kappa shape index (κ2) is 8.68. The number of carbonyl (C=O) groups is 2. The van der Waals surface area contributed by atoms with Gasteiger partial charge in [0.05, 0.1) is 10.6 Å². The van der Waals surface area contributed by atoms with Crippen LogP contribution >= 0.6 is 39.1 Å². The summed E-state index contributed by atoms with van der Waals surface area (Å²) >= 11 is 15.4. The molecule has 0 radical (unpaired) electrons. The van der Waals surface area contributed by atoms with Crippen molar-refractivity contribution in [2.75, 3.05) is 5.32 Å². The third-order valence-electron chi connectivity index (χ3n) is 3.66. The van der Waals surface area contributed by atoms with Gasteiger partial charge in [0.2, 0.25) is 0 Å². The van der Waals surface area contributed by atoms with Crippen LogP contribution in [0.3, 0.4) is 0 Å². The minimum Gasteiger partial charge on any atom is -0.292 e. The molecule has 0 unspecified atom stereocenters. The standard InChI is InChI=1S/C19H11BrCl2FN3O2/c20-11-6-4-10(5-7-11)12-8-9-15(24-17(12)22)25-19(28)26-18(27)16-13(21)2-1-3-14(16)23/h1-9H,(H2,24,25,26,27,28). The Morgan fingerprint density at radius 1 is 1.00 bits per heavy atom. The molecule has 142 valence electrons. The van der Waals surface area contributed by atoms with Crippen molar-refractivity contribution in [1.29, 1.82) is 0 Å². The van der Waals surface area contributed by atoms with Crippen LogP contribution in [0.25, 0.3) is 11.1 Å². The first-order chi connectivity index (χ1) is 13.3. The lowest BCUT2D eigenvalue weighted by molar-refractivity contribution is 0.0963. The Morgan fingerprint density at radius 3 is 2.36 bits per heavy atom. The lowest BCUT2D eigenvalue weighted by Gasteiger charge is -2.10. The number of amides is 3. The van der Waals surface area contributed by atoms with Gasteiger partial charge in [-0.15, -0.1) is 0 Å². The van der Waals surface area contributed by atoms with Crippen LogP contribution in [0.2, 0.25) is 10.2 Å². The first-order valence-corrected chi connectivity index (χ1v) is 9.39. The average molecular weight is 483 g/mol. The van der Waals surface area contributed by atoms with Crippen molar-refractivity contribution in [3.05, 3.63) is 80.6 Å². The molecule has 3 aromatic rings. The number of urea groups is 1. The van der Waals surface area contributed by atoms with Gasteiger partial charge >= 0.3 is 6.03 Å². The van der Waals surface area contributed by atoms with Crippen LogP contribution in [0.5, 0.6) is 0 Å². The van der Waals surface area contributed by atoms with E-state index in [1.54, 1.807) is 6.07 Å². The van der Waals surface area contributed by atoms with Crippen molar-refractivity contribution < 1.29 is 14.0 Å². The largest absolute Gasteiger partial charge is 0.327 e. The molecule has 0 aliphatic rings. The van der Waals surface area contributed by atoms with Gasteiger partial charge in [0.25, 0.3) is 5.91 Å². The number of hydrogen-bond donors (Lipinski definition) is 2. The van der Waals surface area contributed by atoms with Crippen LogP contribution in [-0.4, -0.2) is 16.9 Å². The van der Waals surface area contributed by atoms with E-state index >= 15 is 0 Å². The van der Waals surface area contributed by atoms with E-state index in [4.69, 9.17) is 23.2 Å². The minimum absolute atomic E-state index is 0.106. The predicted octanol–water partition coefficient (Wildman–Crippen LogP) is 5.92. The molecule has 0 saturated heterocycles. The molecule has 28 heavy (non-hydrogen) atoms. The number of pyridine rings is 1. The number of hydrogen-bond acceptors (Lipinski definition) is 3. The Labute approximate surface area is 178 Å². The number of benzene rings is 2. The van der Waals surface area contributed by atoms with Crippen molar-refractivity contribution in [3.63, 3.8) is 0 Å². The Bertz CT molecular complexity index is 1040. The maximum atomic E-state index is 13.8. The average Bonchev–Trinajstić information content (AvgIpc) is 2.62. The monoisotopic (exact) mass is 481 g/mol. The number of imide groups is 1. The molecule has 0 aliphatic heterocycles. The second-order valence-corrected chi connectivity index (χ2v) is 7.23. The van der Waals surface area contributed by atoms with Crippen LogP contribution in [0.4, 0.5) is 15.0 Å². The number of nitrogens with one attached hydrogen (secondary N) is 2. The molecule has 2 aromatic carbocycles. The molecule has 1 heterocycles. The van der Waals surface area contributed by atoms with E-state index in [0.717, 1.165) is 16.1 Å². The van der Waals surface area contributed by atoms with Gasteiger partial charge in [0, 0.05) is 10.0 Å². The highest BCUT2D eigenvalue weighted by Gasteiger charge is 2.18. The molecular formula is C19H11BrCl2FN3O2. The Kier molecular flexibility index (Phi) is 6.28. The summed E-state index contributed by atoms with van der Waals surface area (Å²) in [7, 11) is 0. The molecule has 0 bridgehead atoms. The maximum absolute atomic E-state index is 13.8. The fourth-order valence-corrected chi connectivity index (χ4v) is 3.15. The third-order valence-corrected chi connectivity index (χ3v) is 4.79. The second-order valence-electron chi connectivity index (χ2n) is 5.55. The summed E-state index contributed by atoms with van der Waals surface area (Å²) in [5.74, 6) is -1.69. The molecule has 5 nitrogen and oxygen atoms in total. The van der Waals surface area contributed by atoms with Crippen LogP contribution in [0.15, 0.2) is 59.1 Å². The summed E-state index contributed by atoms with van der Waals surface area (Å²) < 4.78 is 14.7. The van der Waals surface area contributed by atoms with Crippen LogP contribution in [0.1, 0.15) is 10.4 Å². The van der Waals surface area contributed by atoms with Gasteiger partial charge in [-0.1, -0.05) is 57.3 Å². The molecule has 0 aliphatic carbocycles. The lowest BCUT2D eigenvalue weighted by atomic mass is 10.1. The Balaban J connectivity index is 1.71. The highest BCUT2D eigenvalue weighted by Crippen LogP contribution is 2.28. The van der Waals surface area contributed by atoms with E-state index in [2.05, 4.69) is 26.2 Å². The number of carbonyl (C=O) groups excluding carboxylic acids is 2. The van der Waals surface area contributed by atoms with Gasteiger partial charge in [-0.3, -0.25) is 15.4 Å². The summed E-state index contributed by atoms with van der Waals surface area (Å²) in [6.45, 7) is 0. The van der Waals surface area contributed by atoms with Gasteiger partial charge in [0.1, 0.15) is 16.8 Å². The van der Waals surface area contributed by atoms with Crippen molar-refractivity contribution in [1.82, 2.24) is 10.3 Å². The van der Waals surface area contributed by atoms with Gasteiger partial charge in [-0.05, 0) is 42.0 Å². The molecule has 0 saturated carbocycles. The fraction of sp³-hybridized carbons (Fsp3) is 0. The molecule has 2 N–H and O–H groups in total. The molecular weight excluding hydrogens is 472 g/mol. The number of halogens is 4. The first-order valence-electron chi connectivity index (χ1n) is 7.84.